The van der Waals surface area contributed by atoms with Crippen LogP contribution in [-0.2, 0) is 9.47 Å². The fraction of sp³-hybridized carbons (Fsp3) is 0.0968. The number of hydrogen-bond acceptors (Lipinski definition) is 4. The van der Waals surface area contributed by atoms with Crippen molar-refractivity contribution in [3.05, 3.63) is 119 Å². The Bertz CT molecular complexity index is 1380. The monoisotopic (exact) mass is 492 g/mol. The molecule has 0 saturated carbocycles. The molecule has 0 unspecified atom stereocenters. The topological polar surface area (TPSA) is 93.1 Å². The average molecular weight is 493 g/mol. The molecule has 5 rings (SSSR count). The van der Waals surface area contributed by atoms with Crippen LogP contribution in [0.25, 0.3) is 33.8 Å². The molecule has 0 bridgehead atoms. The second kappa shape index (κ2) is 9.32. The van der Waals surface area contributed by atoms with Gasteiger partial charge in [-0.05, 0) is 46.5 Å². The summed E-state index contributed by atoms with van der Waals surface area (Å²) in [7, 11) is 0. The fourth-order valence-electron chi connectivity index (χ4n) is 4.22. The highest BCUT2D eigenvalue weighted by Crippen LogP contribution is 2.42. The van der Waals surface area contributed by atoms with Gasteiger partial charge in [-0.25, -0.2) is 9.59 Å². The molecule has 37 heavy (non-hydrogen) atoms. The van der Waals surface area contributed by atoms with Crippen molar-refractivity contribution < 1.29 is 29.3 Å². The third-order valence-corrected chi connectivity index (χ3v) is 6.13. The van der Waals surface area contributed by atoms with Crippen LogP contribution >= 0.6 is 0 Å². The number of carbonyl (C=O) groups is 2. The number of hydrogen-bond donors (Lipinski definition) is 2. The molecule has 0 spiro atoms. The summed E-state index contributed by atoms with van der Waals surface area (Å²) in [5.41, 5.74) is 5.97. The number of carboxylic acid groups (broad SMARTS) is 2. The second-order valence-corrected chi connectivity index (χ2v) is 9.18. The molecule has 0 saturated heterocycles. The first-order valence-corrected chi connectivity index (χ1v) is 11.7. The van der Waals surface area contributed by atoms with Crippen molar-refractivity contribution >= 4 is 23.5 Å². The van der Waals surface area contributed by atoms with Gasteiger partial charge in [0.15, 0.2) is 11.5 Å². The molecule has 0 aromatic heterocycles. The van der Waals surface area contributed by atoms with Crippen molar-refractivity contribution in [1.82, 2.24) is 0 Å². The van der Waals surface area contributed by atoms with Crippen molar-refractivity contribution in [3.63, 3.8) is 0 Å². The van der Waals surface area contributed by atoms with E-state index in [1.807, 2.05) is 62.4 Å². The zero-order valence-electron chi connectivity index (χ0n) is 20.3. The number of ether oxygens (including phenoxy) is 2. The number of benzene rings is 4. The largest absolute Gasteiger partial charge is 0.478 e. The third-order valence-electron chi connectivity index (χ3n) is 6.13. The Morgan fingerprint density at radius 3 is 1.00 bits per heavy atom. The summed E-state index contributed by atoms with van der Waals surface area (Å²) in [6.07, 6.45) is 0. The number of carboxylic acids is 2. The van der Waals surface area contributed by atoms with Gasteiger partial charge in [-0.1, -0.05) is 72.8 Å². The molecule has 0 amide bonds. The van der Waals surface area contributed by atoms with Gasteiger partial charge in [0.2, 0.25) is 5.79 Å². The van der Waals surface area contributed by atoms with E-state index in [-0.39, 0.29) is 11.1 Å². The molecule has 2 N–H and O–H groups in total. The van der Waals surface area contributed by atoms with Gasteiger partial charge in [0, 0.05) is 25.0 Å². The van der Waals surface area contributed by atoms with E-state index in [2.05, 4.69) is 0 Å². The highest BCUT2D eigenvalue weighted by Gasteiger charge is 2.35. The van der Waals surface area contributed by atoms with E-state index >= 15 is 0 Å². The van der Waals surface area contributed by atoms with Gasteiger partial charge < -0.3 is 19.7 Å². The zero-order chi connectivity index (χ0) is 26.2. The lowest BCUT2D eigenvalue weighted by molar-refractivity contribution is -0.0943. The minimum absolute atomic E-state index is 0.247. The molecule has 0 fully saturated rings. The van der Waals surface area contributed by atoms with E-state index in [1.165, 1.54) is 0 Å². The summed E-state index contributed by atoms with van der Waals surface area (Å²) in [6, 6.07) is 29.2. The van der Waals surface area contributed by atoms with E-state index < -0.39 is 17.7 Å². The van der Waals surface area contributed by atoms with Gasteiger partial charge in [-0.3, -0.25) is 0 Å². The summed E-state index contributed by atoms with van der Waals surface area (Å²) < 4.78 is 12.4. The van der Waals surface area contributed by atoms with Crippen molar-refractivity contribution in [2.75, 3.05) is 0 Å². The lowest BCUT2D eigenvalue weighted by Gasteiger charge is -2.19. The van der Waals surface area contributed by atoms with Gasteiger partial charge in [-0.15, -0.1) is 0 Å². The Hall–Kier alpha value is -4.84. The van der Waals surface area contributed by atoms with Crippen LogP contribution in [0.2, 0.25) is 0 Å². The maximum absolute atomic E-state index is 11.1. The van der Waals surface area contributed by atoms with Crippen molar-refractivity contribution in [3.8, 4) is 22.3 Å². The first kappa shape index (κ1) is 23.9. The Balaban J connectivity index is 1.43. The van der Waals surface area contributed by atoms with Crippen LogP contribution in [0.1, 0.15) is 45.7 Å². The quantitative estimate of drug-likeness (QED) is 0.300. The van der Waals surface area contributed by atoms with Crippen LogP contribution < -0.4 is 0 Å². The molecule has 1 heterocycles. The minimum atomic E-state index is -0.952. The fourth-order valence-corrected chi connectivity index (χ4v) is 4.22. The zero-order valence-corrected chi connectivity index (χ0v) is 20.3. The first-order valence-electron chi connectivity index (χ1n) is 11.7. The SMILES string of the molecule is CC1(C)OC(c2ccc(-c3ccc(C(=O)O)cc3)cc2)=C(c2ccc(-c3ccc(C(=O)O)cc3)cc2)O1. The standard InChI is InChI=1S/C31H24O6/c1-31(2)36-27(23-11-3-19(4-12-23)21-7-15-25(16-8-21)29(32)33)28(37-31)24-13-5-20(6-14-24)22-9-17-26(18-10-22)30(34)35/h3-18H,1-2H3,(H,32,33)(H,34,35). The molecule has 4 aromatic carbocycles. The van der Waals surface area contributed by atoms with Crippen molar-refractivity contribution in [2.45, 2.75) is 19.6 Å². The predicted octanol–water partition coefficient (Wildman–Crippen LogP) is 7.03. The normalized spacial score (nSPS) is 14.1. The summed E-state index contributed by atoms with van der Waals surface area (Å²) in [4.78, 5) is 22.2. The first-order chi connectivity index (χ1) is 17.7. The maximum Gasteiger partial charge on any atom is 0.335 e. The van der Waals surface area contributed by atoms with Crippen LogP contribution in [0, 0.1) is 0 Å². The molecule has 0 radical (unpaired) electrons. The highest BCUT2D eigenvalue weighted by molar-refractivity contribution is 5.90. The van der Waals surface area contributed by atoms with Crippen LogP contribution in [0.4, 0.5) is 0 Å². The summed E-state index contributed by atoms with van der Waals surface area (Å²) in [6.45, 7) is 3.72. The van der Waals surface area contributed by atoms with E-state index in [4.69, 9.17) is 19.7 Å². The van der Waals surface area contributed by atoms with Crippen LogP contribution in [-0.4, -0.2) is 27.9 Å². The molecule has 184 valence electrons. The Kier molecular flexibility index (Phi) is 6.01. The van der Waals surface area contributed by atoms with Crippen LogP contribution in [0.5, 0.6) is 0 Å². The molecule has 1 aliphatic heterocycles. The average Bonchev–Trinajstić information content (AvgIpc) is 3.24. The van der Waals surface area contributed by atoms with Crippen molar-refractivity contribution in [2.24, 2.45) is 0 Å². The summed E-state index contributed by atoms with van der Waals surface area (Å²) in [5.74, 6) is -1.47. The van der Waals surface area contributed by atoms with E-state index in [9.17, 15) is 9.59 Å². The third kappa shape index (κ3) is 4.95. The molecule has 0 aliphatic carbocycles. The maximum atomic E-state index is 11.1. The van der Waals surface area contributed by atoms with E-state index in [0.29, 0.717) is 11.5 Å². The molecule has 4 aromatic rings. The Morgan fingerprint density at radius 1 is 0.486 bits per heavy atom. The van der Waals surface area contributed by atoms with Gasteiger partial charge >= 0.3 is 11.9 Å². The molecular weight excluding hydrogens is 468 g/mol. The van der Waals surface area contributed by atoms with Crippen molar-refractivity contribution in [1.29, 1.82) is 0 Å². The van der Waals surface area contributed by atoms with Gasteiger partial charge in [-0.2, -0.15) is 0 Å². The van der Waals surface area contributed by atoms with E-state index in [0.717, 1.165) is 33.4 Å². The van der Waals surface area contributed by atoms with Gasteiger partial charge in [0.25, 0.3) is 0 Å². The lowest BCUT2D eigenvalue weighted by atomic mass is 10.00. The predicted molar refractivity (Wildman–Crippen MR) is 141 cm³/mol. The van der Waals surface area contributed by atoms with Crippen LogP contribution in [0.3, 0.4) is 0 Å². The smallest absolute Gasteiger partial charge is 0.335 e. The summed E-state index contributed by atoms with van der Waals surface area (Å²) in [5, 5.41) is 18.2. The molecule has 0 atom stereocenters. The summed E-state index contributed by atoms with van der Waals surface area (Å²) >= 11 is 0. The molecule has 6 heteroatoms. The highest BCUT2D eigenvalue weighted by atomic mass is 16.7. The lowest BCUT2D eigenvalue weighted by Crippen LogP contribution is -2.20. The van der Waals surface area contributed by atoms with Gasteiger partial charge in [0.05, 0.1) is 11.1 Å². The molecular formula is C31H24O6. The van der Waals surface area contributed by atoms with Gasteiger partial charge in [0.1, 0.15) is 0 Å². The second-order valence-electron chi connectivity index (χ2n) is 9.18. The van der Waals surface area contributed by atoms with Crippen LogP contribution in [0.15, 0.2) is 97.1 Å². The Morgan fingerprint density at radius 2 is 0.730 bits per heavy atom. The van der Waals surface area contributed by atoms with E-state index in [1.54, 1.807) is 48.5 Å². The number of aromatic carboxylic acids is 2. The Labute approximate surface area is 214 Å². The molecule has 1 aliphatic rings. The molecule has 6 nitrogen and oxygen atoms in total. The number of rotatable bonds is 6. The minimum Gasteiger partial charge on any atom is -0.478 e.